The van der Waals surface area contributed by atoms with Crippen LogP contribution in [-0.4, -0.2) is 48.1 Å². The van der Waals surface area contributed by atoms with E-state index < -0.39 is 0 Å². The lowest BCUT2D eigenvalue weighted by Crippen LogP contribution is -2.64. The fourth-order valence-corrected chi connectivity index (χ4v) is 3.55. The van der Waals surface area contributed by atoms with E-state index in [0.29, 0.717) is 5.54 Å². The van der Waals surface area contributed by atoms with Crippen molar-refractivity contribution in [2.24, 2.45) is 5.92 Å². The van der Waals surface area contributed by atoms with Crippen LogP contribution in [0.1, 0.15) is 39.5 Å². The van der Waals surface area contributed by atoms with Crippen LogP contribution in [0.4, 0.5) is 0 Å². The Bertz CT molecular complexity index is 236. The highest BCUT2D eigenvalue weighted by atomic mass is 32.2. The second kappa shape index (κ2) is 5.94. The standard InChI is InChI=1S/C14H28N2S/c1-4-14(5-2)11-16(8-9-17-3)13(10-15-14)12-6-7-12/h12-13,15H,4-11H2,1-3H3. The highest BCUT2D eigenvalue weighted by Crippen LogP contribution is 2.38. The normalized spacial score (nSPS) is 29.5. The van der Waals surface area contributed by atoms with Gasteiger partial charge in [0.2, 0.25) is 0 Å². The van der Waals surface area contributed by atoms with E-state index in [-0.39, 0.29) is 0 Å². The molecule has 0 aromatic heterocycles. The molecule has 1 heterocycles. The lowest BCUT2D eigenvalue weighted by molar-refractivity contribution is 0.0676. The minimum absolute atomic E-state index is 0.393. The molecule has 0 aromatic carbocycles. The van der Waals surface area contributed by atoms with E-state index in [1.54, 1.807) is 0 Å². The zero-order valence-electron chi connectivity index (χ0n) is 11.7. The number of nitrogens with zero attached hydrogens (tertiary/aromatic N) is 1. The number of hydrogen-bond acceptors (Lipinski definition) is 3. The van der Waals surface area contributed by atoms with E-state index >= 15 is 0 Å². The molecule has 1 N–H and O–H groups in total. The zero-order valence-corrected chi connectivity index (χ0v) is 12.5. The molecule has 0 radical (unpaired) electrons. The van der Waals surface area contributed by atoms with Crippen molar-refractivity contribution >= 4 is 11.8 Å². The first-order valence-corrected chi connectivity index (χ1v) is 8.62. The molecule has 1 unspecified atom stereocenters. The van der Waals surface area contributed by atoms with E-state index in [9.17, 15) is 0 Å². The minimum atomic E-state index is 0.393. The van der Waals surface area contributed by atoms with Gasteiger partial charge in [-0.05, 0) is 37.9 Å². The van der Waals surface area contributed by atoms with Crippen LogP contribution in [0.5, 0.6) is 0 Å². The van der Waals surface area contributed by atoms with E-state index in [0.717, 1.165) is 12.0 Å². The van der Waals surface area contributed by atoms with Crippen LogP contribution in [-0.2, 0) is 0 Å². The van der Waals surface area contributed by atoms with Gasteiger partial charge < -0.3 is 5.32 Å². The molecule has 100 valence electrons. The first-order valence-electron chi connectivity index (χ1n) is 7.22. The number of piperazine rings is 1. The second-order valence-electron chi connectivity index (χ2n) is 5.74. The van der Waals surface area contributed by atoms with Gasteiger partial charge >= 0.3 is 0 Å². The van der Waals surface area contributed by atoms with Crippen molar-refractivity contribution < 1.29 is 0 Å². The fraction of sp³-hybridized carbons (Fsp3) is 1.00. The van der Waals surface area contributed by atoms with E-state index in [1.807, 2.05) is 11.8 Å². The molecule has 1 aliphatic carbocycles. The summed E-state index contributed by atoms with van der Waals surface area (Å²) in [5.74, 6) is 2.28. The van der Waals surface area contributed by atoms with Crippen molar-refractivity contribution in [1.82, 2.24) is 10.2 Å². The summed E-state index contributed by atoms with van der Waals surface area (Å²) in [7, 11) is 0. The Morgan fingerprint density at radius 2 is 2.00 bits per heavy atom. The van der Waals surface area contributed by atoms with Crippen molar-refractivity contribution in [2.75, 3.05) is 31.6 Å². The Labute approximate surface area is 111 Å². The average Bonchev–Trinajstić information content (AvgIpc) is 3.20. The Morgan fingerprint density at radius 3 is 2.53 bits per heavy atom. The van der Waals surface area contributed by atoms with Crippen molar-refractivity contribution in [2.45, 2.75) is 51.1 Å². The van der Waals surface area contributed by atoms with Crippen molar-refractivity contribution in [3.63, 3.8) is 0 Å². The highest BCUT2D eigenvalue weighted by Gasteiger charge is 2.42. The molecule has 0 bridgehead atoms. The Kier molecular flexibility index (Phi) is 4.79. The number of hydrogen-bond donors (Lipinski definition) is 1. The first kappa shape index (κ1) is 13.7. The smallest absolute Gasteiger partial charge is 0.0304 e. The van der Waals surface area contributed by atoms with Crippen molar-refractivity contribution in [3.05, 3.63) is 0 Å². The van der Waals surface area contributed by atoms with E-state index in [1.165, 1.54) is 51.1 Å². The fourth-order valence-electron chi connectivity index (χ4n) is 3.13. The predicted octanol–water partition coefficient (Wildman–Crippen LogP) is 2.59. The van der Waals surface area contributed by atoms with Gasteiger partial charge in [0.15, 0.2) is 0 Å². The number of nitrogens with one attached hydrogen (secondary N) is 1. The Hall–Kier alpha value is 0.270. The molecule has 3 heteroatoms. The maximum absolute atomic E-state index is 3.86. The highest BCUT2D eigenvalue weighted by molar-refractivity contribution is 7.98. The summed E-state index contributed by atoms with van der Waals surface area (Å²) in [6, 6.07) is 0.827. The third kappa shape index (κ3) is 3.18. The van der Waals surface area contributed by atoms with E-state index in [4.69, 9.17) is 0 Å². The summed E-state index contributed by atoms with van der Waals surface area (Å²) in [6.45, 7) is 8.44. The number of rotatable bonds is 6. The third-order valence-electron chi connectivity index (χ3n) is 4.76. The van der Waals surface area contributed by atoms with Gasteiger partial charge in [0.1, 0.15) is 0 Å². The molecule has 1 saturated heterocycles. The molecular formula is C14H28N2S. The van der Waals surface area contributed by atoms with Crippen LogP contribution in [0.3, 0.4) is 0 Å². The van der Waals surface area contributed by atoms with Gasteiger partial charge in [-0.2, -0.15) is 11.8 Å². The maximum atomic E-state index is 3.86. The van der Waals surface area contributed by atoms with Crippen molar-refractivity contribution in [3.8, 4) is 0 Å². The van der Waals surface area contributed by atoms with Gasteiger partial charge in [0, 0.05) is 37.0 Å². The average molecular weight is 256 g/mol. The van der Waals surface area contributed by atoms with Gasteiger partial charge in [-0.25, -0.2) is 0 Å². The molecule has 1 atom stereocenters. The second-order valence-corrected chi connectivity index (χ2v) is 6.72. The van der Waals surface area contributed by atoms with Gasteiger partial charge in [0.05, 0.1) is 0 Å². The summed E-state index contributed by atoms with van der Waals surface area (Å²) in [5.41, 5.74) is 0.393. The number of thioether (sulfide) groups is 1. The summed E-state index contributed by atoms with van der Waals surface area (Å²) >= 11 is 1.98. The predicted molar refractivity (Wildman–Crippen MR) is 77.8 cm³/mol. The minimum Gasteiger partial charge on any atom is -0.308 e. The molecule has 1 aliphatic heterocycles. The molecule has 0 aromatic rings. The lowest BCUT2D eigenvalue weighted by atomic mass is 9.87. The van der Waals surface area contributed by atoms with Crippen LogP contribution in [0.2, 0.25) is 0 Å². The van der Waals surface area contributed by atoms with E-state index in [2.05, 4.69) is 30.3 Å². The SMILES string of the molecule is CCC1(CC)CN(CCSC)C(C2CC2)CN1. The largest absolute Gasteiger partial charge is 0.308 e. The lowest BCUT2D eigenvalue weighted by Gasteiger charge is -2.48. The molecule has 2 fully saturated rings. The topological polar surface area (TPSA) is 15.3 Å². The summed E-state index contributed by atoms with van der Waals surface area (Å²) in [6.07, 6.45) is 7.68. The van der Waals surface area contributed by atoms with Gasteiger partial charge in [-0.3, -0.25) is 4.90 Å². The van der Waals surface area contributed by atoms with Gasteiger partial charge in [0.25, 0.3) is 0 Å². The monoisotopic (exact) mass is 256 g/mol. The van der Waals surface area contributed by atoms with Gasteiger partial charge in [-0.15, -0.1) is 0 Å². The molecular weight excluding hydrogens is 228 g/mol. The maximum Gasteiger partial charge on any atom is 0.0304 e. The molecule has 2 aliphatic rings. The van der Waals surface area contributed by atoms with Crippen LogP contribution < -0.4 is 5.32 Å². The Balaban J connectivity index is 1.98. The van der Waals surface area contributed by atoms with Crippen LogP contribution >= 0.6 is 11.8 Å². The Morgan fingerprint density at radius 1 is 1.29 bits per heavy atom. The molecule has 1 saturated carbocycles. The molecule has 0 amide bonds. The van der Waals surface area contributed by atoms with Crippen molar-refractivity contribution in [1.29, 1.82) is 0 Å². The molecule has 0 spiro atoms. The summed E-state index contributed by atoms with van der Waals surface area (Å²) < 4.78 is 0. The molecule has 17 heavy (non-hydrogen) atoms. The molecule has 2 rings (SSSR count). The summed E-state index contributed by atoms with van der Waals surface area (Å²) in [4.78, 5) is 2.79. The summed E-state index contributed by atoms with van der Waals surface area (Å²) in [5, 5.41) is 3.86. The quantitative estimate of drug-likeness (QED) is 0.786. The first-order chi connectivity index (χ1) is 8.24. The van der Waals surface area contributed by atoms with Crippen LogP contribution in [0.25, 0.3) is 0 Å². The zero-order chi connectivity index (χ0) is 12.3. The van der Waals surface area contributed by atoms with Crippen LogP contribution in [0, 0.1) is 5.92 Å². The molecule has 2 nitrogen and oxygen atoms in total. The third-order valence-corrected chi connectivity index (χ3v) is 5.35. The van der Waals surface area contributed by atoms with Gasteiger partial charge in [-0.1, -0.05) is 13.8 Å². The van der Waals surface area contributed by atoms with Crippen LogP contribution in [0.15, 0.2) is 0 Å².